The lowest BCUT2D eigenvalue weighted by Crippen LogP contribution is -1.85. The Bertz CT molecular complexity index is 948. The number of aromatic amines is 1. The molecule has 7 heteroatoms. The number of nitrogens with one attached hydrogen (secondary N) is 1. The van der Waals surface area contributed by atoms with Crippen LogP contribution >= 0.6 is 22.6 Å². The van der Waals surface area contributed by atoms with Gasteiger partial charge >= 0.3 is 0 Å². The van der Waals surface area contributed by atoms with Crippen molar-refractivity contribution >= 4 is 22.6 Å². The summed E-state index contributed by atoms with van der Waals surface area (Å²) in [5.41, 5.74) is 1.49. The normalized spacial score (nSPS) is 10.7. The predicted octanol–water partition coefficient (Wildman–Crippen LogP) is 4.52. The number of halogens is 1. The third-order valence-electron chi connectivity index (χ3n) is 3.31. The molecule has 0 aliphatic heterocycles. The van der Waals surface area contributed by atoms with Crippen LogP contribution in [0.15, 0.2) is 65.3 Å². The van der Waals surface area contributed by atoms with E-state index in [-0.39, 0.29) is 0 Å². The van der Waals surface area contributed by atoms with Gasteiger partial charge in [0, 0.05) is 11.8 Å². The van der Waals surface area contributed by atoms with E-state index < -0.39 is 0 Å². The van der Waals surface area contributed by atoms with Crippen LogP contribution in [-0.4, -0.2) is 20.3 Å². The number of benzene rings is 2. The molecule has 2 aromatic carbocycles. The van der Waals surface area contributed by atoms with Gasteiger partial charge in [0.25, 0.3) is 5.89 Å². The fraction of sp³-hybridized carbons (Fsp3) is 0. The largest absolute Gasteiger partial charge is 0.457 e. The van der Waals surface area contributed by atoms with Crippen molar-refractivity contribution in [3.63, 3.8) is 0 Å². The average molecular weight is 430 g/mol. The van der Waals surface area contributed by atoms with Crippen LogP contribution in [0.5, 0.6) is 11.5 Å². The third kappa shape index (κ3) is 3.02. The van der Waals surface area contributed by atoms with E-state index in [0.29, 0.717) is 17.4 Å². The minimum atomic E-state index is 0.389. The topological polar surface area (TPSA) is 76.8 Å². The molecule has 1 N–H and O–H groups in total. The van der Waals surface area contributed by atoms with Crippen molar-refractivity contribution in [3.05, 3.63) is 64.4 Å². The first kappa shape index (κ1) is 14.9. The first-order chi connectivity index (χ1) is 11.8. The first-order valence-corrected chi connectivity index (χ1v) is 8.24. The van der Waals surface area contributed by atoms with E-state index in [0.717, 1.165) is 20.6 Å². The smallest absolute Gasteiger partial charge is 0.279 e. The average Bonchev–Trinajstić information content (AvgIpc) is 3.25. The van der Waals surface area contributed by atoms with Gasteiger partial charge in [-0.25, -0.2) is 0 Å². The van der Waals surface area contributed by atoms with Crippen molar-refractivity contribution in [1.29, 1.82) is 0 Å². The molecule has 0 spiro atoms. The van der Waals surface area contributed by atoms with Gasteiger partial charge in [-0.3, -0.25) is 5.10 Å². The minimum absolute atomic E-state index is 0.389. The van der Waals surface area contributed by atoms with Gasteiger partial charge in [-0.15, -0.1) is 0 Å². The molecular weight excluding hydrogens is 419 g/mol. The second kappa shape index (κ2) is 6.44. The highest BCUT2D eigenvalue weighted by Crippen LogP contribution is 2.27. The molecule has 2 aromatic heterocycles. The number of ether oxygens (including phenoxy) is 1. The zero-order chi connectivity index (χ0) is 16.4. The van der Waals surface area contributed by atoms with Crippen molar-refractivity contribution in [2.24, 2.45) is 0 Å². The number of H-pyrrole nitrogens is 1. The van der Waals surface area contributed by atoms with Crippen molar-refractivity contribution < 1.29 is 9.26 Å². The van der Waals surface area contributed by atoms with E-state index in [1.54, 1.807) is 6.20 Å². The molecule has 0 radical (unpaired) electrons. The zero-order valence-electron chi connectivity index (χ0n) is 12.3. The molecule has 4 rings (SSSR count). The fourth-order valence-electron chi connectivity index (χ4n) is 2.16. The Labute approximate surface area is 151 Å². The van der Waals surface area contributed by atoms with Gasteiger partial charge in [0.2, 0.25) is 5.82 Å². The van der Waals surface area contributed by atoms with Crippen molar-refractivity contribution in [3.8, 4) is 34.5 Å². The maximum absolute atomic E-state index is 5.77. The van der Waals surface area contributed by atoms with Gasteiger partial charge in [0.1, 0.15) is 11.5 Å². The summed E-state index contributed by atoms with van der Waals surface area (Å²) in [5.74, 6) is 2.44. The van der Waals surface area contributed by atoms with Crippen molar-refractivity contribution in [1.82, 2.24) is 20.3 Å². The van der Waals surface area contributed by atoms with E-state index >= 15 is 0 Å². The van der Waals surface area contributed by atoms with Crippen LogP contribution in [0.2, 0.25) is 0 Å². The summed E-state index contributed by atoms with van der Waals surface area (Å²) in [6.07, 6.45) is 1.77. The van der Waals surface area contributed by atoms with E-state index in [4.69, 9.17) is 9.26 Å². The summed E-state index contributed by atoms with van der Waals surface area (Å²) in [4.78, 5) is 4.39. The highest BCUT2D eigenvalue weighted by Gasteiger charge is 2.15. The molecule has 0 unspecified atom stereocenters. The number of hydrogen-bond acceptors (Lipinski definition) is 5. The summed E-state index contributed by atoms with van der Waals surface area (Å²) in [7, 11) is 0. The summed E-state index contributed by atoms with van der Waals surface area (Å²) >= 11 is 2.16. The second-order valence-electron chi connectivity index (χ2n) is 4.94. The Morgan fingerprint density at radius 1 is 0.958 bits per heavy atom. The predicted molar refractivity (Wildman–Crippen MR) is 96.5 cm³/mol. The lowest BCUT2D eigenvalue weighted by atomic mass is 10.2. The van der Waals surface area contributed by atoms with E-state index in [2.05, 4.69) is 42.9 Å². The second-order valence-corrected chi connectivity index (χ2v) is 6.11. The first-order valence-electron chi connectivity index (χ1n) is 7.16. The molecule has 0 fully saturated rings. The monoisotopic (exact) mass is 430 g/mol. The van der Waals surface area contributed by atoms with Crippen LogP contribution in [-0.2, 0) is 0 Å². The molecule has 0 amide bonds. The van der Waals surface area contributed by atoms with Gasteiger partial charge in [-0.1, -0.05) is 23.4 Å². The van der Waals surface area contributed by atoms with Crippen LogP contribution in [0, 0.1) is 3.57 Å². The van der Waals surface area contributed by atoms with Crippen LogP contribution in [0.25, 0.3) is 23.0 Å². The highest BCUT2D eigenvalue weighted by atomic mass is 127. The van der Waals surface area contributed by atoms with Gasteiger partial charge in [-0.05, 0) is 59.0 Å². The number of rotatable bonds is 4. The maximum Gasteiger partial charge on any atom is 0.279 e. The Balaban J connectivity index is 1.55. The number of hydrogen-bond donors (Lipinski definition) is 1. The molecule has 118 valence electrons. The minimum Gasteiger partial charge on any atom is -0.457 e. The van der Waals surface area contributed by atoms with Crippen molar-refractivity contribution in [2.45, 2.75) is 0 Å². The zero-order valence-corrected chi connectivity index (χ0v) is 14.5. The van der Waals surface area contributed by atoms with Crippen LogP contribution < -0.4 is 4.74 Å². The highest BCUT2D eigenvalue weighted by molar-refractivity contribution is 14.1. The van der Waals surface area contributed by atoms with Crippen LogP contribution in [0.3, 0.4) is 0 Å². The van der Waals surface area contributed by atoms with E-state index in [1.807, 2.05) is 54.6 Å². The molecule has 24 heavy (non-hydrogen) atoms. The molecule has 6 nitrogen and oxygen atoms in total. The Hall–Kier alpha value is -2.68. The molecule has 0 atom stereocenters. The molecule has 0 aliphatic carbocycles. The Morgan fingerprint density at radius 2 is 1.71 bits per heavy atom. The summed E-state index contributed by atoms with van der Waals surface area (Å²) < 4.78 is 12.0. The van der Waals surface area contributed by atoms with Gasteiger partial charge < -0.3 is 9.26 Å². The molecule has 0 aliphatic rings. The lowest BCUT2D eigenvalue weighted by molar-refractivity contribution is 0.430. The van der Waals surface area contributed by atoms with Gasteiger partial charge in [-0.2, -0.15) is 10.1 Å². The van der Waals surface area contributed by atoms with Crippen LogP contribution in [0.4, 0.5) is 0 Å². The molecular formula is C17H11IN4O2. The lowest BCUT2D eigenvalue weighted by Gasteiger charge is -2.05. The maximum atomic E-state index is 5.77. The number of para-hydroxylation sites is 1. The molecule has 0 saturated heterocycles. The Morgan fingerprint density at radius 3 is 2.42 bits per heavy atom. The van der Waals surface area contributed by atoms with Gasteiger partial charge in [0.05, 0.1) is 3.57 Å². The molecule has 0 bridgehead atoms. The third-order valence-corrected chi connectivity index (χ3v) is 4.14. The van der Waals surface area contributed by atoms with Crippen LogP contribution in [0.1, 0.15) is 0 Å². The number of aromatic nitrogens is 4. The summed E-state index contributed by atoms with van der Waals surface area (Å²) in [6, 6.07) is 17.2. The summed E-state index contributed by atoms with van der Waals surface area (Å²) in [5, 5.41) is 10.9. The Kier molecular flexibility index (Phi) is 3.99. The molecule has 4 aromatic rings. The SMILES string of the molecule is Ic1c[nH]nc1-c1nc(-c2ccc(Oc3ccccc3)cc2)no1. The van der Waals surface area contributed by atoms with Gasteiger partial charge in [0.15, 0.2) is 5.69 Å². The standard InChI is InChI=1S/C17H11IN4O2/c18-14-10-19-21-15(14)17-20-16(22-24-17)11-6-8-13(9-7-11)23-12-4-2-1-3-5-12/h1-10H,(H,19,21). The van der Waals surface area contributed by atoms with E-state index in [1.165, 1.54) is 0 Å². The molecule has 2 heterocycles. The fourth-order valence-corrected chi connectivity index (χ4v) is 2.65. The quantitative estimate of drug-likeness (QED) is 0.482. The van der Waals surface area contributed by atoms with E-state index in [9.17, 15) is 0 Å². The number of nitrogens with zero attached hydrogens (tertiary/aromatic N) is 3. The van der Waals surface area contributed by atoms with Crippen molar-refractivity contribution in [2.75, 3.05) is 0 Å². The summed E-state index contributed by atoms with van der Waals surface area (Å²) in [6.45, 7) is 0. The molecule has 0 saturated carbocycles.